The molecule has 0 fully saturated rings. The van der Waals surface area contributed by atoms with Crippen molar-refractivity contribution in [3.8, 4) is 0 Å². The highest BCUT2D eigenvalue weighted by Gasteiger charge is 2.37. The summed E-state index contributed by atoms with van der Waals surface area (Å²) < 4.78 is 28.9. The second-order valence-corrected chi connectivity index (χ2v) is 5.96. The van der Waals surface area contributed by atoms with Crippen LogP contribution in [0.15, 0.2) is 0 Å². The van der Waals surface area contributed by atoms with Crippen molar-refractivity contribution in [3.63, 3.8) is 0 Å². The van der Waals surface area contributed by atoms with Gasteiger partial charge in [0.2, 0.25) is 0 Å². The molecule has 120 valence electrons. The van der Waals surface area contributed by atoms with Crippen molar-refractivity contribution in [1.82, 2.24) is 0 Å². The average molecular weight is 340 g/mol. The van der Waals surface area contributed by atoms with Crippen LogP contribution >= 0.6 is 15.6 Å². The van der Waals surface area contributed by atoms with Gasteiger partial charge in [-0.25, -0.2) is 9.13 Å². The quantitative estimate of drug-likeness (QED) is 0.164. The van der Waals surface area contributed by atoms with E-state index in [1.807, 2.05) is 0 Å². The molecule has 0 radical (unpaired) electrons. The molecular formula is C6H14O12P2. The van der Waals surface area contributed by atoms with Crippen molar-refractivity contribution >= 4 is 21.9 Å². The van der Waals surface area contributed by atoms with Crippen molar-refractivity contribution in [2.24, 2.45) is 0 Å². The van der Waals surface area contributed by atoms with Gasteiger partial charge in [0.1, 0.15) is 24.4 Å². The fourth-order valence-corrected chi connectivity index (χ4v) is 1.92. The Kier molecular flexibility index (Phi) is 7.60. The summed E-state index contributed by atoms with van der Waals surface area (Å²) in [6, 6.07) is 0. The van der Waals surface area contributed by atoms with E-state index in [1.165, 1.54) is 0 Å². The summed E-state index contributed by atoms with van der Waals surface area (Å²) in [5, 5.41) is 27.7. The maximum Gasteiger partial charge on any atom is 0.470 e. The van der Waals surface area contributed by atoms with Crippen molar-refractivity contribution in [3.05, 3.63) is 0 Å². The minimum atomic E-state index is -5.21. The largest absolute Gasteiger partial charge is 0.470 e. The first kappa shape index (κ1) is 19.8. The molecule has 0 bridgehead atoms. The molecule has 0 aliphatic heterocycles. The summed E-state index contributed by atoms with van der Waals surface area (Å²) in [7, 11) is -10.3. The van der Waals surface area contributed by atoms with Crippen LogP contribution in [0.25, 0.3) is 0 Å². The summed E-state index contributed by atoms with van der Waals surface area (Å²) in [6.07, 6.45) is -8.89. The van der Waals surface area contributed by atoms with E-state index in [-0.39, 0.29) is 6.29 Å². The summed E-state index contributed by atoms with van der Waals surface area (Å²) in [5.41, 5.74) is 0. The van der Waals surface area contributed by atoms with Gasteiger partial charge < -0.3 is 39.7 Å². The van der Waals surface area contributed by atoms with E-state index in [0.717, 1.165) is 0 Å². The zero-order valence-electron chi connectivity index (χ0n) is 9.66. The van der Waals surface area contributed by atoms with Gasteiger partial charge in [-0.05, 0) is 0 Å². The Morgan fingerprint density at radius 2 is 1.45 bits per heavy atom. The molecule has 0 heterocycles. The molecule has 0 saturated heterocycles. The van der Waals surface area contributed by atoms with Crippen LogP contribution in [0.3, 0.4) is 0 Å². The minimum Gasteiger partial charge on any atom is -0.387 e. The number of phosphoric acid groups is 2. The van der Waals surface area contributed by atoms with E-state index in [0.29, 0.717) is 0 Å². The summed E-state index contributed by atoms with van der Waals surface area (Å²) in [6.45, 7) is -1.22. The zero-order valence-corrected chi connectivity index (χ0v) is 11.4. The van der Waals surface area contributed by atoms with E-state index in [4.69, 9.17) is 24.7 Å². The van der Waals surface area contributed by atoms with Crippen LogP contribution < -0.4 is 0 Å². The molecule has 4 atom stereocenters. The molecule has 14 heteroatoms. The fraction of sp³-hybridized carbons (Fsp3) is 0.833. The van der Waals surface area contributed by atoms with E-state index in [1.54, 1.807) is 0 Å². The highest BCUT2D eigenvalue weighted by Crippen LogP contribution is 2.41. The maximum atomic E-state index is 10.6. The standard InChI is InChI=1S/C6H14O12P2/c7-1-3(8)5(9)6(10)4(18-20(14,15)16)2-17-19(11,12)13/h1,3-6,8-10H,2H2,(H2,11,12,13)(H2,14,15,16)/t3-,4-,5+,6+/m1/s1. The molecule has 7 N–H and O–H groups in total. The summed E-state index contributed by atoms with van der Waals surface area (Å²) in [5.74, 6) is 0. The number of aldehydes is 1. The van der Waals surface area contributed by atoms with Crippen LogP contribution in [0.4, 0.5) is 0 Å². The second-order valence-electron chi connectivity index (χ2n) is 3.53. The smallest absolute Gasteiger partial charge is 0.387 e. The van der Waals surface area contributed by atoms with Gasteiger partial charge in [-0.2, -0.15) is 0 Å². The fourth-order valence-electron chi connectivity index (χ4n) is 1.04. The number of aliphatic hydroxyl groups excluding tert-OH is 3. The van der Waals surface area contributed by atoms with Gasteiger partial charge in [-0.3, -0.25) is 9.05 Å². The van der Waals surface area contributed by atoms with E-state index < -0.39 is 46.7 Å². The highest BCUT2D eigenvalue weighted by molar-refractivity contribution is 7.46. The van der Waals surface area contributed by atoms with Gasteiger partial charge in [-0.15, -0.1) is 0 Å². The molecule has 0 aromatic rings. The van der Waals surface area contributed by atoms with Gasteiger partial charge in [0.05, 0.1) is 6.61 Å². The Balaban J connectivity index is 4.95. The molecule has 0 unspecified atom stereocenters. The zero-order chi connectivity index (χ0) is 16.1. The third kappa shape index (κ3) is 8.15. The van der Waals surface area contributed by atoms with Gasteiger partial charge in [0.15, 0.2) is 6.29 Å². The van der Waals surface area contributed by atoms with Gasteiger partial charge >= 0.3 is 15.6 Å². The van der Waals surface area contributed by atoms with E-state index >= 15 is 0 Å². The van der Waals surface area contributed by atoms with Crippen molar-refractivity contribution in [2.45, 2.75) is 24.4 Å². The lowest BCUT2D eigenvalue weighted by molar-refractivity contribution is -0.135. The van der Waals surface area contributed by atoms with Crippen LogP contribution in [0.5, 0.6) is 0 Å². The van der Waals surface area contributed by atoms with Gasteiger partial charge in [0, 0.05) is 0 Å². The van der Waals surface area contributed by atoms with Crippen LogP contribution in [-0.2, 0) is 23.0 Å². The number of carbonyl (C=O) groups excluding carboxylic acids is 1. The number of rotatable bonds is 9. The Bertz CT molecular complexity index is 399. The molecule has 0 aromatic carbocycles. The molecule has 0 aliphatic carbocycles. The first-order chi connectivity index (χ1) is 8.87. The number of hydrogen-bond donors (Lipinski definition) is 7. The number of hydrogen-bond acceptors (Lipinski definition) is 8. The van der Waals surface area contributed by atoms with E-state index in [9.17, 15) is 24.1 Å². The number of carbonyl (C=O) groups is 1. The normalized spacial score (nSPS) is 19.1. The molecule has 0 aliphatic rings. The van der Waals surface area contributed by atoms with Crippen LogP contribution in [-0.4, -0.2) is 72.2 Å². The molecule has 20 heavy (non-hydrogen) atoms. The van der Waals surface area contributed by atoms with Crippen LogP contribution in [0, 0.1) is 0 Å². The Morgan fingerprint density at radius 1 is 0.950 bits per heavy atom. The third-order valence-electron chi connectivity index (χ3n) is 1.90. The topological polar surface area (TPSA) is 211 Å². The summed E-state index contributed by atoms with van der Waals surface area (Å²) in [4.78, 5) is 44.2. The first-order valence-electron chi connectivity index (χ1n) is 4.81. The SMILES string of the molecule is O=C[C@@H](O)[C@H](O)[C@@H](O)[C@@H](COP(=O)(O)O)OP(=O)(O)O. The van der Waals surface area contributed by atoms with Crippen molar-refractivity contribution in [1.29, 1.82) is 0 Å². The first-order valence-corrected chi connectivity index (χ1v) is 7.87. The lowest BCUT2D eigenvalue weighted by atomic mass is 10.0. The number of phosphoric ester groups is 2. The minimum absolute atomic E-state index is 0.174. The third-order valence-corrected chi connectivity index (χ3v) is 2.93. The van der Waals surface area contributed by atoms with Gasteiger partial charge in [-0.1, -0.05) is 0 Å². The van der Waals surface area contributed by atoms with Crippen LogP contribution in [0.1, 0.15) is 0 Å². The lowest BCUT2D eigenvalue weighted by Crippen LogP contribution is -2.47. The summed E-state index contributed by atoms with van der Waals surface area (Å²) >= 11 is 0. The Hall–Kier alpha value is -0.230. The van der Waals surface area contributed by atoms with Gasteiger partial charge in [0.25, 0.3) is 0 Å². The highest BCUT2D eigenvalue weighted by atomic mass is 31.2. The molecule has 0 amide bonds. The lowest BCUT2D eigenvalue weighted by Gasteiger charge is -2.27. The van der Waals surface area contributed by atoms with Crippen molar-refractivity contribution in [2.75, 3.05) is 6.61 Å². The molecule has 0 spiro atoms. The van der Waals surface area contributed by atoms with Crippen LogP contribution in [0.2, 0.25) is 0 Å². The van der Waals surface area contributed by atoms with Crippen molar-refractivity contribution < 1.29 is 57.9 Å². The Labute approximate surface area is 112 Å². The van der Waals surface area contributed by atoms with E-state index in [2.05, 4.69) is 9.05 Å². The maximum absolute atomic E-state index is 10.6. The molecule has 0 aromatic heterocycles. The molecular weight excluding hydrogens is 326 g/mol. The second kappa shape index (κ2) is 7.69. The molecule has 12 nitrogen and oxygen atoms in total. The predicted octanol–water partition coefficient (Wildman–Crippen LogP) is -3.14. The molecule has 0 saturated carbocycles. The monoisotopic (exact) mass is 340 g/mol. The number of aliphatic hydroxyl groups is 3. The average Bonchev–Trinajstić information content (AvgIpc) is 2.29. The Morgan fingerprint density at radius 3 is 1.80 bits per heavy atom. The molecule has 0 rings (SSSR count). The predicted molar refractivity (Wildman–Crippen MR) is 59.0 cm³/mol.